The maximum absolute atomic E-state index is 13.8. The maximum atomic E-state index is 13.8. The van der Waals surface area contributed by atoms with Gasteiger partial charge in [-0.25, -0.2) is 4.39 Å². The normalized spacial score (nSPS) is 27.0. The van der Waals surface area contributed by atoms with Crippen molar-refractivity contribution >= 4 is 22.3 Å². The number of aromatic nitrogens is 1. The standard InChI is InChI=1S/C27H27FN2O/c1-3-19(25-11-16-5-4-15(2)10-24(16)30-25)27-20-13-18(14-21(20)27)31-26-8-9-29-23-7-6-17(28)12-22(23)26/h4-10,12,18-21,27H,3,11,13-14H2,1-2H3/t18?,19?,20-,21+,27?. The molecule has 2 fully saturated rings. The van der Waals surface area contributed by atoms with Crippen molar-refractivity contribution in [2.24, 2.45) is 28.7 Å². The molecule has 3 nitrogen and oxygen atoms in total. The summed E-state index contributed by atoms with van der Waals surface area (Å²) in [4.78, 5) is 9.38. The Morgan fingerprint density at radius 3 is 2.74 bits per heavy atom. The first-order valence-electron chi connectivity index (χ1n) is 11.5. The SMILES string of the molecule is CCC(C1=Nc2cc(C)ccc2C1)C1[C@H]2CC(Oc3ccnc4ccc(F)cc34)C[C@@H]12. The van der Waals surface area contributed by atoms with Crippen LogP contribution in [0.3, 0.4) is 0 Å². The van der Waals surface area contributed by atoms with Crippen molar-refractivity contribution < 1.29 is 9.13 Å². The molecule has 2 aliphatic carbocycles. The largest absolute Gasteiger partial charge is 0.490 e. The first kappa shape index (κ1) is 19.0. The number of aliphatic imine (C=N–C) groups is 1. The number of pyridine rings is 1. The molecule has 0 amide bonds. The second kappa shape index (κ2) is 7.15. The summed E-state index contributed by atoms with van der Waals surface area (Å²) in [7, 11) is 0. The van der Waals surface area contributed by atoms with Gasteiger partial charge in [0.1, 0.15) is 11.6 Å². The highest BCUT2D eigenvalue weighted by molar-refractivity contribution is 5.96. The fourth-order valence-electron chi connectivity index (χ4n) is 6.17. The van der Waals surface area contributed by atoms with E-state index in [1.165, 1.54) is 34.7 Å². The number of ether oxygens (including phenoxy) is 1. The number of hydrogen-bond donors (Lipinski definition) is 0. The Hall–Kier alpha value is -2.75. The minimum Gasteiger partial charge on any atom is -0.490 e. The average molecular weight is 415 g/mol. The maximum Gasteiger partial charge on any atom is 0.130 e. The van der Waals surface area contributed by atoms with Gasteiger partial charge in [0.2, 0.25) is 0 Å². The molecule has 0 radical (unpaired) electrons. The van der Waals surface area contributed by atoms with Gasteiger partial charge in [-0.05, 0) is 85.4 Å². The molecule has 4 heteroatoms. The number of rotatable bonds is 5. The van der Waals surface area contributed by atoms with Gasteiger partial charge in [0.15, 0.2) is 0 Å². The van der Waals surface area contributed by atoms with Crippen molar-refractivity contribution in [2.45, 2.75) is 45.6 Å². The van der Waals surface area contributed by atoms with Crippen LogP contribution in [0.25, 0.3) is 10.9 Å². The van der Waals surface area contributed by atoms with Crippen LogP contribution in [-0.4, -0.2) is 16.8 Å². The van der Waals surface area contributed by atoms with Crippen LogP contribution in [0.2, 0.25) is 0 Å². The lowest BCUT2D eigenvalue weighted by Crippen LogP contribution is -2.22. The Bertz CT molecular complexity index is 1190. The van der Waals surface area contributed by atoms with Crippen LogP contribution in [0.5, 0.6) is 5.75 Å². The van der Waals surface area contributed by atoms with Crippen LogP contribution < -0.4 is 4.74 Å². The molecule has 0 saturated heterocycles. The molecule has 2 heterocycles. The molecule has 5 atom stereocenters. The van der Waals surface area contributed by atoms with Crippen molar-refractivity contribution in [3.05, 3.63) is 65.6 Å². The summed E-state index contributed by atoms with van der Waals surface area (Å²) in [6, 6.07) is 13.2. The molecular formula is C27H27FN2O. The van der Waals surface area contributed by atoms with E-state index < -0.39 is 0 Å². The molecule has 2 aromatic carbocycles. The number of aryl methyl sites for hydroxylation is 1. The topological polar surface area (TPSA) is 34.5 Å². The number of nitrogens with zero attached hydrogens (tertiary/aromatic N) is 2. The monoisotopic (exact) mass is 414 g/mol. The number of fused-ring (bicyclic) bond motifs is 3. The second-order valence-corrected chi connectivity index (χ2v) is 9.51. The lowest BCUT2D eigenvalue weighted by Gasteiger charge is -2.22. The van der Waals surface area contributed by atoms with Gasteiger partial charge in [-0.1, -0.05) is 19.1 Å². The summed E-state index contributed by atoms with van der Waals surface area (Å²) in [5.41, 5.74) is 6.00. The van der Waals surface area contributed by atoms with Crippen molar-refractivity contribution in [3.63, 3.8) is 0 Å². The zero-order chi connectivity index (χ0) is 21.1. The highest BCUT2D eigenvalue weighted by Gasteiger charge is 2.59. The number of hydrogen-bond acceptors (Lipinski definition) is 3. The van der Waals surface area contributed by atoms with Crippen LogP contribution in [0.4, 0.5) is 10.1 Å². The smallest absolute Gasteiger partial charge is 0.130 e. The molecule has 3 aromatic rings. The summed E-state index contributed by atoms with van der Waals surface area (Å²) >= 11 is 0. The molecule has 1 aliphatic heterocycles. The van der Waals surface area contributed by atoms with Gasteiger partial charge < -0.3 is 4.74 Å². The van der Waals surface area contributed by atoms with Crippen LogP contribution in [0.15, 0.2) is 53.7 Å². The third-order valence-electron chi connectivity index (χ3n) is 7.63. The third-order valence-corrected chi connectivity index (χ3v) is 7.63. The van der Waals surface area contributed by atoms with E-state index in [1.54, 1.807) is 12.3 Å². The lowest BCUT2D eigenvalue weighted by molar-refractivity contribution is 0.184. The molecule has 158 valence electrons. The Kier molecular flexibility index (Phi) is 4.38. The Labute approximate surface area is 182 Å². The Balaban J connectivity index is 1.15. The van der Waals surface area contributed by atoms with Gasteiger partial charge in [0.05, 0.1) is 17.3 Å². The van der Waals surface area contributed by atoms with E-state index in [9.17, 15) is 4.39 Å². The minimum atomic E-state index is -0.251. The van der Waals surface area contributed by atoms with E-state index in [2.05, 4.69) is 37.0 Å². The van der Waals surface area contributed by atoms with Crippen molar-refractivity contribution in [2.75, 3.05) is 0 Å². The minimum absolute atomic E-state index is 0.211. The van der Waals surface area contributed by atoms with Crippen LogP contribution in [-0.2, 0) is 6.42 Å². The predicted molar refractivity (Wildman–Crippen MR) is 122 cm³/mol. The quantitative estimate of drug-likeness (QED) is 0.481. The first-order chi connectivity index (χ1) is 15.1. The second-order valence-electron chi connectivity index (χ2n) is 9.51. The van der Waals surface area contributed by atoms with E-state index >= 15 is 0 Å². The van der Waals surface area contributed by atoms with Crippen molar-refractivity contribution in [3.8, 4) is 5.75 Å². The molecule has 0 spiro atoms. The summed E-state index contributed by atoms with van der Waals surface area (Å²) in [5.74, 6) is 3.29. The number of benzene rings is 2. The van der Waals surface area contributed by atoms with E-state index in [4.69, 9.17) is 9.73 Å². The molecule has 0 bridgehead atoms. The summed E-state index contributed by atoms with van der Waals surface area (Å²) in [5, 5.41) is 0.763. The van der Waals surface area contributed by atoms with Crippen molar-refractivity contribution in [1.29, 1.82) is 0 Å². The molecule has 3 aliphatic rings. The molecule has 31 heavy (non-hydrogen) atoms. The fraction of sp³-hybridized carbons (Fsp3) is 0.407. The van der Waals surface area contributed by atoms with E-state index in [0.29, 0.717) is 5.92 Å². The summed E-state index contributed by atoms with van der Waals surface area (Å²) < 4.78 is 20.1. The summed E-state index contributed by atoms with van der Waals surface area (Å²) in [6.07, 6.45) is 6.30. The Morgan fingerprint density at radius 2 is 1.94 bits per heavy atom. The van der Waals surface area contributed by atoms with Crippen molar-refractivity contribution in [1.82, 2.24) is 4.98 Å². The zero-order valence-corrected chi connectivity index (χ0v) is 18.0. The van der Waals surface area contributed by atoms with Gasteiger partial charge in [0, 0.05) is 29.6 Å². The van der Waals surface area contributed by atoms with Gasteiger partial charge in [0.25, 0.3) is 0 Å². The fourth-order valence-corrected chi connectivity index (χ4v) is 6.17. The average Bonchev–Trinajstić information content (AvgIpc) is 3.09. The highest BCUT2D eigenvalue weighted by atomic mass is 19.1. The third kappa shape index (κ3) is 3.24. The van der Waals surface area contributed by atoms with Crippen LogP contribution in [0.1, 0.15) is 37.3 Å². The Morgan fingerprint density at radius 1 is 1.10 bits per heavy atom. The van der Waals surface area contributed by atoms with Crippen LogP contribution in [0, 0.1) is 36.4 Å². The van der Waals surface area contributed by atoms with E-state index in [-0.39, 0.29) is 11.9 Å². The molecule has 1 aromatic heterocycles. The van der Waals surface area contributed by atoms with Gasteiger partial charge in [-0.2, -0.15) is 0 Å². The molecule has 0 N–H and O–H groups in total. The molecule has 3 unspecified atom stereocenters. The van der Waals surface area contributed by atoms with E-state index in [1.807, 2.05) is 6.07 Å². The number of halogens is 1. The van der Waals surface area contributed by atoms with Gasteiger partial charge >= 0.3 is 0 Å². The highest BCUT2D eigenvalue weighted by Crippen LogP contribution is 2.62. The predicted octanol–water partition coefficient (Wildman–Crippen LogP) is 6.44. The summed E-state index contributed by atoms with van der Waals surface area (Å²) in [6.45, 7) is 4.44. The molecule has 6 rings (SSSR count). The van der Waals surface area contributed by atoms with Gasteiger partial charge in [-0.3, -0.25) is 9.98 Å². The van der Waals surface area contributed by atoms with E-state index in [0.717, 1.165) is 60.1 Å². The van der Waals surface area contributed by atoms with Crippen LogP contribution >= 0.6 is 0 Å². The first-order valence-corrected chi connectivity index (χ1v) is 11.5. The zero-order valence-electron chi connectivity index (χ0n) is 18.0. The lowest BCUT2D eigenvalue weighted by atomic mass is 9.87. The van der Waals surface area contributed by atoms with Gasteiger partial charge in [-0.15, -0.1) is 0 Å². The molecule has 2 saturated carbocycles. The molecular weight excluding hydrogens is 387 g/mol.